The van der Waals surface area contributed by atoms with Gasteiger partial charge in [0.1, 0.15) is 5.75 Å². The summed E-state index contributed by atoms with van der Waals surface area (Å²) in [7, 11) is 0. The minimum atomic E-state index is -0.861. The Hall–Kier alpha value is -0.260. The van der Waals surface area contributed by atoms with E-state index in [0.717, 1.165) is 31.4 Å². The van der Waals surface area contributed by atoms with Crippen molar-refractivity contribution in [2.75, 3.05) is 13.2 Å². The fraction of sp³-hybridized carbons (Fsp3) is 0.533. The molecule has 0 amide bonds. The summed E-state index contributed by atoms with van der Waals surface area (Å²) in [5.41, 5.74) is -0.861. The summed E-state index contributed by atoms with van der Waals surface area (Å²) in [5.74, 6) is -0.00539. The Kier molecular flexibility index (Phi) is 8.06. The summed E-state index contributed by atoms with van der Waals surface area (Å²) in [6, 6.07) is 7.31. The topological polar surface area (TPSA) is 59.1 Å². The van der Waals surface area contributed by atoms with Gasteiger partial charge in [-0.3, -0.25) is 0 Å². The van der Waals surface area contributed by atoms with Gasteiger partial charge in [-0.15, -0.1) is 0 Å². The molecule has 21 heavy (non-hydrogen) atoms. The molecule has 0 aromatic heterocycles. The van der Waals surface area contributed by atoms with Gasteiger partial charge < -0.3 is 14.6 Å². The van der Waals surface area contributed by atoms with Gasteiger partial charge in [0.15, 0.2) is 5.60 Å². The van der Waals surface area contributed by atoms with Crippen molar-refractivity contribution in [2.24, 2.45) is 0 Å². The third-order valence-corrected chi connectivity index (χ3v) is 3.69. The molecular formula is C15H19ClNaO4. The predicted molar refractivity (Wildman–Crippen MR) is 82.1 cm³/mol. The molecule has 6 heteroatoms. The average Bonchev–Trinajstić information content (AvgIpc) is 3.21. The molecule has 2 rings (SSSR count). The average molecular weight is 322 g/mol. The molecule has 1 fully saturated rings. The van der Waals surface area contributed by atoms with Gasteiger partial charge in [0, 0.05) is 34.6 Å². The van der Waals surface area contributed by atoms with Crippen LogP contribution < -0.4 is 4.74 Å². The van der Waals surface area contributed by atoms with E-state index in [4.69, 9.17) is 26.2 Å². The molecule has 1 heterocycles. The standard InChI is InChI=1S/C15H19ClO4.Na/c16-12-5-7-13(8-6-12)19-10-4-2-1-3-9-15(11-20-15)14(17)18;/h5-8H,1-4,9-11H2,(H,17,18);/t15-;/m0./s1. The third kappa shape index (κ3) is 6.17. The van der Waals surface area contributed by atoms with E-state index in [-0.39, 0.29) is 29.6 Å². The maximum absolute atomic E-state index is 10.9. The van der Waals surface area contributed by atoms with Gasteiger partial charge in [0.25, 0.3) is 0 Å². The largest absolute Gasteiger partial charge is 0.494 e. The molecule has 1 saturated heterocycles. The van der Waals surface area contributed by atoms with Crippen LogP contribution in [0.1, 0.15) is 32.1 Å². The number of hydrogen-bond acceptors (Lipinski definition) is 3. The molecular weight excluding hydrogens is 303 g/mol. The smallest absolute Gasteiger partial charge is 0.338 e. The zero-order chi connectivity index (χ0) is 14.4. The molecule has 0 unspecified atom stereocenters. The van der Waals surface area contributed by atoms with Gasteiger partial charge >= 0.3 is 5.97 Å². The number of epoxide rings is 1. The molecule has 1 atom stereocenters. The van der Waals surface area contributed by atoms with E-state index < -0.39 is 11.6 Å². The molecule has 111 valence electrons. The van der Waals surface area contributed by atoms with E-state index in [1.54, 1.807) is 12.1 Å². The molecule has 0 saturated carbocycles. The second kappa shape index (κ2) is 9.01. The van der Waals surface area contributed by atoms with Gasteiger partial charge in [0.05, 0.1) is 13.2 Å². The van der Waals surface area contributed by atoms with Gasteiger partial charge in [0.2, 0.25) is 0 Å². The fourth-order valence-electron chi connectivity index (χ4n) is 2.05. The van der Waals surface area contributed by atoms with E-state index in [9.17, 15) is 4.79 Å². The van der Waals surface area contributed by atoms with Crippen molar-refractivity contribution in [3.63, 3.8) is 0 Å². The van der Waals surface area contributed by atoms with Crippen molar-refractivity contribution in [2.45, 2.75) is 37.7 Å². The number of benzene rings is 1. The zero-order valence-corrected chi connectivity index (χ0v) is 15.1. The van der Waals surface area contributed by atoms with E-state index in [1.165, 1.54) is 0 Å². The van der Waals surface area contributed by atoms with Gasteiger partial charge in [-0.25, -0.2) is 4.79 Å². The van der Waals surface area contributed by atoms with Gasteiger partial charge in [-0.2, -0.15) is 0 Å². The third-order valence-electron chi connectivity index (χ3n) is 3.44. The first-order valence-corrected chi connectivity index (χ1v) is 7.26. The van der Waals surface area contributed by atoms with E-state index in [2.05, 4.69) is 0 Å². The van der Waals surface area contributed by atoms with Crippen molar-refractivity contribution in [1.82, 2.24) is 0 Å². The Balaban J connectivity index is 0.00000220. The maximum Gasteiger partial charge on any atom is 0.338 e. The number of hydrogen-bond donors (Lipinski definition) is 1. The normalized spacial score (nSPS) is 19.7. The summed E-state index contributed by atoms with van der Waals surface area (Å²) in [6.45, 7) is 1.03. The zero-order valence-electron chi connectivity index (χ0n) is 12.3. The number of ether oxygens (including phenoxy) is 2. The Morgan fingerprint density at radius 1 is 1.24 bits per heavy atom. The van der Waals surface area contributed by atoms with Gasteiger partial charge in [-0.05, 0) is 43.5 Å². The van der Waals surface area contributed by atoms with Crippen molar-refractivity contribution in [1.29, 1.82) is 0 Å². The molecule has 0 aliphatic carbocycles. The number of carboxylic acid groups (broad SMARTS) is 1. The minimum Gasteiger partial charge on any atom is -0.494 e. The monoisotopic (exact) mass is 321 g/mol. The van der Waals surface area contributed by atoms with Crippen LogP contribution in [0.5, 0.6) is 5.75 Å². The van der Waals surface area contributed by atoms with E-state index >= 15 is 0 Å². The molecule has 1 aromatic rings. The van der Waals surface area contributed by atoms with Crippen molar-refractivity contribution in [3.8, 4) is 5.75 Å². The Labute approximate surface area is 152 Å². The fourth-order valence-corrected chi connectivity index (χ4v) is 2.17. The van der Waals surface area contributed by atoms with Crippen LogP contribution >= 0.6 is 11.6 Å². The molecule has 1 radical (unpaired) electrons. The molecule has 0 bridgehead atoms. The molecule has 1 aliphatic heterocycles. The number of unbranched alkanes of at least 4 members (excludes halogenated alkanes) is 3. The molecule has 1 aliphatic rings. The van der Waals surface area contributed by atoms with Gasteiger partial charge in [-0.1, -0.05) is 24.4 Å². The van der Waals surface area contributed by atoms with Crippen LogP contribution in [0, 0.1) is 0 Å². The summed E-state index contributed by atoms with van der Waals surface area (Å²) in [4.78, 5) is 10.9. The van der Waals surface area contributed by atoms with Crippen LogP contribution in [0.25, 0.3) is 0 Å². The molecule has 1 N–H and O–H groups in total. The Bertz CT molecular complexity index is 445. The van der Waals surface area contributed by atoms with E-state index in [0.29, 0.717) is 24.7 Å². The predicted octanol–water partition coefficient (Wildman–Crippen LogP) is 3.14. The summed E-state index contributed by atoms with van der Waals surface area (Å²) in [5, 5.41) is 9.64. The maximum atomic E-state index is 10.9. The van der Waals surface area contributed by atoms with Crippen LogP contribution in [0.3, 0.4) is 0 Å². The summed E-state index contributed by atoms with van der Waals surface area (Å²) < 4.78 is 10.6. The number of carbonyl (C=O) groups is 1. The minimum absolute atomic E-state index is 0. The Morgan fingerprint density at radius 2 is 1.86 bits per heavy atom. The first-order chi connectivity index (χ1) is 9.62. The number of carboxylic acids is 1. The SMILES string of the molecule is O=C(O)[C@]1(CCCCCCOc2ccc(Cl)cc2)CO1.[Na]. The first-order valence-electron chi connectivity index (χ1n) is 6.88. The van der Waals surface area contributed by atoms with Crippen LogP contribution in [0.2, 0.25) is 5.02 Å². The molecule has 4 nitrogen and oxygen atoms in total. The van der Waals surface area contributed by atoms with Crippen molar-refractivity contribution in [3.05, 3.63) is 29.3 Å². The second-order valence-electron chi connectivity index (χ2n) is 5.05. The quantitative estimate of drug-likeness (QED) is 0.431. The van der Waals surface area contributed by atoms with E-state index in [1.807, 2.05) is 12.1 Å². The molecule has 0 spiro atoms. The first kappa shape index (κ1) is 18.8. The van der Waals surface area contributed by atoms with Crippen molar-refractivity contribution >= 4 is 47.1 Å². The number of aliphatic carboxylic acids is 1. The molecule has 1 aromatic carbocycles. The summed E-state index contributed by atoms with van der Waals surface area (Å²) in [6.07, 6.45) is 4.49. The van der Waals surface area contributed by atoms with Crippen LogP contribution in [-0.2, 0) is 9.53 Å². The number of rotatable bonds is 9. The summed E-state index contributed by atoms with van der Waals surface area (Å²) >= 11 is 5.79. The van der Waals surface area contributed by atoms with Crippen molar-refractivity contribution < 1.29 is 19.4 Å². The van der Waals surface area contributed by atoms with Crippen LogP contribution in [0.15, 0.2) is 24.3 Å². The Morgan fingerprint density at radius 3 is 2.43 bits per heavy atom. The van der Waals surface area contributed by atoms with Crippen LogP contribution in [-0.4, -0.2) is 59.4 Å². The second-order valence-corrected chi connectivity index (χ2v) is 5.49. The van der Waals surface area contributed by atoms with Crippen LogP contribution in [0.4, 0.5) is 0 Å². The number of halogens is 1.